The lowest BCUT2D eigenvalue weighted by Crippen LogP contribution is -2.45. The van der Waals surface area contributed by atoms with Gasteiger partial charge in [-0.25, -0.2) is 0 Å². The molecule has 17 heavy (non-hydrogen) atoms. The summed E-state index contributed by atoms with van der Waals surface area (Å²) in [6, 6.07) is 0. The van der Waals surface area contributed by atoms with Crippen molar-refractivity contribution >= 4 is 0 Å². The Morgan fingerprint density at radius 2 is 1.94 bits per heavy atom. The molecule has 0 radical (unpaired) electrons. The largest absolute Gasteiger partial charge is 0.569 e. The lowest BCUT2D eigenvalue weighted by Gasteiger charge is -2.29. The second-order valence-corrected chi connectivity index (χ2v) is 4.84. The number of hydrazine groups is 1. The minimum absolute atomic E-state index is 0.193. The van der Waals surface area contributed by atoms with E-state index < -0.39 is 0 Å². The summed E-state index contributed by atoms with van der Waals surface area (Å²) in [6.07, 6.45) is 2.43. The third-order valence-corrected chi connectivity index (χ3v) is 2.30. The molecule has 0 saturated heterocycles. The van der Waals surface area contributed by atoms with Gasteiger partial charge < -0.3 is 15.2 Å². The van der Waals surface area contributed by atoms with E-state index >= 15 is 0 Å². The van der Waals surface area contributed by atoms with Crippen molar-refractivity contribution in [1.82, 2.24) is 5.01 Å². The molecule has 102 valence electrons. The van der Waals surface area contributed by atoms with Gasteiger partial charge in [0.25, 0.3) is 0 Å². The van der Waals surface area contributed by atoms with Gasteiger partial charge in [0.2, 0.25) is 5.28 Å². The van der Waals surface area contributed by atoms with E-state index in [1.54, 1.807) is 5.01 Å². The first-order valence-electron chi connectivity index (χ1n) is 6.12. The molecule has 0 aromatic carbocycles. The maximum atomic E-state index is 11.6. The minimum Gasteiger partial charge on any atom is -0.569 e. The highest BCUT2D eigenvalue weighted by Gasteiger charge is 2.26. The zero-order valence-corrected chi connectivity index (χ0v) is 11.3. The standard InChI is InChI=1S/C11H25N3O3/c1-5-13(11(2,3)4)14(16)12-17-10-8-6-7-9-15/h15H,5-10H2,1-4H3/b14-12-. The van der Waals surface area contributed by atoms with E-state index in [4.69, 9.17) is 9.94 Å². The summed E-state index contributed by atoms with van der Waals surface area (Å²) in [7, 11) is 0. The molecule has 1 N–H and O–H groups in total. The highest BCUT2D eigenvalue weighted by Crippen LogP contribution is 2.12. The van der Waals surface area contributed by atoms with Crippen LogP contribution in [0.25, 0.3) is 0 Å². The maximum Gasteiger partial charge on any atom is 0.233 e. The molecule has 0 aliphatic heterocycles. The molecule has 0 aliphatic rings. The Morgan fingerprint density at radius 1 is 1.29 bits per heavy atom. The van der Waals surface area contributed by atoms with Crippen molar-refractivity contribution in [1.29, 1.82) is 0 Å². The second-order valence-electron chi connectivity index (χ2n) is 4.84. The topological polar surface area (TPSA) is 71.1 Å². The third kappa shape index (κ3) is 6.99. The van der Waals surface area contributed by atoms with Crippen molar-refractivity contribution in [3.63, 3.8) is 0 Å². The van der Waals surface area contributed by atoms with Gasteiger partial charge in [-0.15, -0.1) is 5.01 Å². The lowest BCUT2D eigenvalue weighted by molar-refractivity contribution is -0.724. The third-order valence-electron chi connectivity index (χ3n) is 2.30. The number of aliphatic hydroxyl groups excluding tert-OH is 1. The molecule has 0 aliphatic carbocycles. The van der Waals surface area contributed by atoms with Crippen LogP contribution in [0, 0.1) is 5.21 Å². The van der Waals surface area contributed by atoms with Crippen LogP contribution in [0.15, 0.2) is 5.28 Å². The normalized spacial score (nSPS) is 12.6. The quantitative estimate of drug-likeness (QED) is 0.308. The maximum absolute atomic E-state index is 11.6. The van der Waals surface area contributed by atoms with Crippen molar-refractivity contribution in [2.75, 3.05) is 19.8 Å². The number of hydrogen-bond acceptors (Lipinski definition) is 4. The van der Waals surface area contributed by atoms with Crippen molar-refractivity contribution in [2.24, 2.45) is 5.28 Å². The Kier molecular flexibility index (Phi) is 7.61. The first-order chi connectivity index (χ1) is 7.93. The van der Waals surface area contributed by atoms with E-state index in [0.717, 1.165) is 19.3 Å². The van der Waals surface area contributed by atoms with E-state index in [-0.39, 0.29) is 12.1 Å². The number of nitrogens with zero attached hydrogens (tertiary/aromatic N) is 3. The molecule has 0 saturated carbocycles. The van der Waals surface area contributed by atoms with E-state index in [1.165, 1.54) is 0 Å². The highest BCUT2D eigenvalue weighted by atomic mass is 16.7. The predicted molar refractivity (Wildman–Crippen MR) is 65.1 cm³/mol. The van der Waals surface area contributed by atoms with Gasteiger partial charge in [-0.3, -0.25) is 0 Å². The van der Waals surface area contributed by atoms with Crippen molar-refractivity contribution in [2.45, 2.75) is 52.5 Å². The molecule has 0 unspecified atom stereocenters. The fourth-order valence-corrected chi connectivity index (χ4v) is 1.44. The highest BCUT2D eigenvalue weighted by molar-refractivity contribution is 4.67. The van der Waals surface area contributed by atoms with Crippen LogP contribution in [0.2, 0.25) is 0 Å². The molecule has 6 heteroatoms. The van der Waals surface area contributed by atoms with Crippen LogP contribution in [0.4, 0.5) is 0 Å². The van der Waals surface area contributed by atoms with Crippen LogP contribution >= 0.6 is 0 Å². The van der Waals surface area contributed by atoms with Gasteiger partial charge in [0, 0.05) is 6.61 Å². The molecule has 0 bridgehead atoms. The van der Waals surface area contributed by atoms with E-state index in [0.29, 0.717) is 18.1 Å². The number of aliphatic hydroxyl groups is 1. The fourth-order valence-electron chi connectivity index (χ4n) is 1.44. The Bertz CT molecular complexity index is 226. The van der Waals surface area contributed by atoms with Crippen molar-refractivity contribution < 1.29 is 14.9 Å². The van der Waals surface area contributed by atoms with Crippen molar-refractivity contribution in [3.05, 3.63) is 5.21 Å². The average Bonchev–Trinajstić information content (AvgIpc) is 2.22. The smallest absolute Gasteiger partial charge is 0.233 e. The van der Waals surface area contributed by atoms with Crippen LogP contribution in [-0.2, 0) is 4.84 Å². The molecular formula is C11H25N3O3. The molecule has 0 amide bonds. The van der Waals surface area contributed by atoms with Gasteiger partial charge in [0.15, 0.2) is 0 Å². The minimum atomic E-state index is -0.278. The zero-order chi connectivity index (χ0) is 13.3. The first-order valence-corrected chi connectivity index (χ1v) is 6.12. The molecule has 0 fully saturated rings. The summed E-state index contributed by atoms with van der Waals surface area (Å²) < 4.78 is 0. The van der Waals surface area contributed by atoms with E-state index in [1.807, 2.05) is 27.7 Å². The van der Waals surface area contributed by atoms with Gasteiger partial charge in [0.1, 0.15) is 6.61 Å². The number of unbranched alkanes of at least 4 members (excludes halogenated alkanes) is 2. The SMILES string of the molecule is CCN(/[N+]([O-])=N/OCCCCCO)C(C)(C)C. The van der Waals surface area contributed by atoms with E-state index in [9.17, 15) is 5.21 Å². The van der Waals surface area contributed by atoms with E-state index in [2.05, 4.69) is 5.28 Å². The summed E-state index contributed by atoms with van der Waals surface area (Å²) in [5.74, 6) is 0. The van der Waals surface area contributed by atoms with Crippen LogP contribution in [0.1, 0.15) is 47.0 Å². The summed E-state index contributed by atoms with van der Waals surface area (Å²) in [5, 5.41) is 25.3. The molecule has 6 nitrogen and oxygen atoms in total. The Hall–Kier alpha value is -1.04. The first kappa shape index (κ1) is 16.0. The van der Waals surface area contributed by atoms with Crippen LogP contribution in [-0.4, -0.2) is 40.4 Å². The molecule has 0 atom stereocenters. The van der Waals surface area contributed by atoms with Gasteiger partial charge >= 0.3 is 0 Å². The van der Waals surface area contributed by atoms with Crippen molar-refractivity contribution in [3.8, 4) is 0 Å². The van der Waals surface area contributed by atoms with Crippen LogP contribution in [0.3, 0.4) is 0 Å². The summed E-state index contributed by atoms with van der Waals surface area (Å²) in [4.78, 5) is 5.44. The Balaban J connectivity index is 3.98. The molecule has 0 aromatic heterocycles. The number of rotatable bonds is 8. The fraction of sp³-hybridized carbons (Fsp3) is 1.00. The molecule has 0 spiro atoms. The van der Waals surface area contributed by atoms with Gasteiger partial charge in [-0.1, -0.05) is 0 Å². The average molecular weight is 247 g/mol. The molecule has 0 heterocycles. The molecular weight excluding hydrogens is 222 g/mol. The van der Waals surface area contributed by atoms with Gasteiger partial charge in [-0.2, -0.15) is 0 Å². The predicted octanol–water partition coefficient (Wildman–Crippen LogP) is 2.08. The van der Waals surface area contributed by atoms with Crippen LogP contribution < -0.4 is 0 Å². The lowest BCUT2D eigenvalue weighted by atomic mass is 10.1. The van der Waals surface area contributed by atoms with Gasteiger partial charge in [0.05, 0.1) is 17.1 Å². The van der Waals surface area contributed by atoms with Crippen LogP contribution in [0.5, 0.6) is 0 Å². The summed E-state index contributed by atoms with van der Waals surface area (Å²) in [5.41, 5.74) is -0.278. The Labute approximate surface area is 103 Å². The summed E-state index contributed by atoms with van der Waals surface area (Å²) in [6.45, 7) is 8.89. The second kappa shape index (κ2) is 8.11. The monoisotopic (exact) mass is 247 g/mol. The Morgan fingerprint density at radius 3 is 2.41 bits per heavy atom. The molecule has 0 aromatic rings. The number of hydrogen-bond donors (Lipinski definition) is 1. The zero-order valence-electron chi connectivity index (χ0n) is 11.3. The molecule has 0 rings (SSSR count). The summed E-state index contributed by atoms with van der Waals surface area (Å²) >= 11 is 0. The van der Waals surface area contributed by atoms with Gasteiger partial charge in [-0.05, 0) is 47.0 Å².